The van der Waals surface area contributed by atoms with Crippen molar-refractivity contribution in [3.8, 4) is 5.75 Å². The number of nitrogen functional groups attached to an aromatic ring is 1. The van der Waals surface area contributed by atoms with Gasteiger partial charge in [0.05, 0.1) is 12.7 Å². The summed E-state index contributed by atoms with van der Waals surface area (Å²) in [6, 6.07) is 6.59. The Morgan fingerprint density at radius 3 is 2.71 bits per heavy atom. The normalized spacial score (nSPS) is 22.3. The third kappa shape index (κ3) is 3.76. The van der Waals surface area contributed by atoms with Crippen LogP contribution in [-0.2, 0) is 6.54 Å². The Kier molecular flexibility index (Phi) is 5.23. The van der Waals surface area contributed by atoms with Crippen molar-refractivity contribution in [2.24, 2.45) is 11.7 Å². The van der Waals surface area contributed by atoms with Crippen LogP contribution in [0.25, 0.3) is 0 Å². The molecule has 3 N–H and O–H groups in total. The van der Waals surface area contributed by atoms with Gasteiger partial charge in [-0.05, 0) is 43.5 Å². The molecule has 2 unspecified atom stereocenters. The zero-order chi connectivity index (χ0) is 15.4. The average Bonchev–Trinajstić information content (AvgIpc) is 2.47. The van der Waals surface area contributed by atoms with Gasteiger partial charge in [0.25, 0.3) is 0 Å². The van der Waals surface area contributed by atoms with Crippen LogP contribution in [0.2, 0.25) is 0 Å². The predicted octanol–water partition coefficient (Wildman–Crippen LogP) is 2.99. The van der Waals surface area contributed by atoms with Crippen molar-refractivity contribution < 1.29 is 4.74 Å². The van der Waals surface area contributed by atoms with E-state index in [1.807, 2.05) is 18.2 Å². The monoisotopic (exact) mass is 289 g/mol. The van der Waals surface area contributed by atoms with Gasteiger partial charge in [-0.1, -0.05) is 25.8 Å². The van der Waals surface area contributed by atoms with Crippen molar-refractivity contribution in [1.82, 2.24) is 4.90 Å². The molecule has 0 heterocycles. The SMILES string of the molecule is COc1cc(CN(C)C2CCCCC2C)ccc1C(=N)N. The molecule has 1 aromatic rings. The van der Waals surface area contributed by atoms with Crippen molar-refractivity contribution >= 4 is 5.84 Å². The molecule has 0 bridgehead atoms. The fraction of sp³-hybridized carbons (Fsp3) is 0.588. The van der Waals surface area contributed by atoms with Gasteiger partial charge in [0.1, 0.15) is 11.6 Å². The lowest BCUT2D eigenvalue weighted by Crippen LogP contribution is -2.38. The lowest BCUT2D eigenvalue weighted by atomic mass is 9.85. The van der Waals surface area contributed by atoms with E-state index >= 15 is 0 Å². The zero-order valence-electron chi connectivity index (χ0n) is 13.4. The van der Waals surface area contributed by atoms with Crippen molar-refractivity contribution in [3.63, 3.8) is 0 Å². The minimum Gasteiger partial charge on any atom is -0.496 e. The van der Waals surface area contributed by atoms with Crippen molar-refractivity contribution in [1.29, 1.82) is 5.41 Å². The number of methoxy groups -OCH3 is 1. The third-order valence-electron chi connectivity index (χ3n) is 4.62. The van der Waals surface area contributed by atoms with Gasteiger partial charge in [-0.15, -0.1) is 0 Å². The molecular formula is C17H27N3O. The van der Waals surface area contributed by atoms with Crippen LogP contribution in [0.15, 0.2) is 18.2 Å². The number of rotatable bonds is 5. The highest BCUT2D eigenvalue weighted by atomic mass is 16.5. The largest absolute Gasteiger partial charge is 0.496 e. The number of hydrogen-bond acceptors (Lipinski definition) is 3. The molecule has 1 aromatic carbocycles. The molecule has 0 saturated heterocycles. The topological polar surface area (TPSA) is 62.3 Å². The predicted molar refractivity (Wildman–Crippen MR) is 86.9 cm³/mol. The van der Waals surface area contributed by atoms with E-state index in [9.17, 15) is 0 Å². The Hall–Kier alpha value is -1.55. The molecule has 116 valence electrons. The van der Waals surface area contributed by atoms with Gasteiger partial charge in [-0.2, -0.15) is 0 Å². The molecular weight excluding hydrogens is 262 g/mol. The minimum absolute atomic E-state index is 0.0488. The highest BCUT2D eigenvalue weighted by Crippen LogP contribution is 2.29. The Bertz CT molecular complexity index is 501. The number of nitrogens with one attached hydrogen (secondary N) is 1. The molecule has 2 rings (SSSR count). The molecule has 21 heavy (non-hydrogen) atoms. The highest BCUT2D eigenvalue weighted by Gasteiger charge is 2.24. The summed E-state index contributed by atoms with van der Waals surface area (Å²) >= 11 is 0. The lowest BCUT2D eigenvalue weighted by molar-refractivity contribution is 0.133. The van der Waals surface area contributed by atoms with Crippen LogP contribution in [0.4, 0.5) is 0 Å². The van der Waals surface area contributed by atoms with Crippen LogP contribution >= 0.6 is 0 Å². The third-order valence-corrected chi connectivity index (χ3v) is 4.62. The summed E-state index contributed by atoms with van der Waals surface area (Å²) in [4.78, 5) is 2.45. The second-order valence-electron chi connectivity index (χ2n) is 6.19. The van der Waals surface area contributed by atoms with Crippen LogP contribution in [0.5, 0.6) is 5.75 Å². The summed E-state index contributed by atoms with van der Waals surface area (Å²) in [5, 5.41) is 7.57. The van der Waals surface area contributed by atoms with Crippen LogP contribution < -0.4 is 10.5 Å². The molecule has 1 saturated carbocycles. The number of hydrogen-bond donors (Lipinski definition) is 2. The number of nitrogens with zero attached hydrogens (tertiary/aromatic N) is 1. The zero-order valence-corrected chi connectivity index (χ0v) is 13.4. The molecule has 1 aliphatic rings. The molecule has 0 spiro atoms. The maximum atomic E-state index is 7.57. The molecule has 0 aliphatic heterocycles. The molecule has 0 radical (unpaired) electrons. The first kappa shape index (κ1) is 15.8. The number of ether oxygens (including phenoxy) is 1. The van der Waals surface area contributed by atoms with Gasteiger partial charge in [-0.3, -0.25) is 10.3 Å². The van der Waals surface area contributed by atoms with Crippen LogP contribution in [0.1, 0.15) is 43.7 Å². The Balaban J connectivity index is 2.10. The number of benzene rings is 1. The van der Waals surface area contributed by atoms with E-state index < -0.39 is 0 Å². The van der Waals surface area contributed by atoms with Crippen LogP contribution in [0, 0.1) is 11.3 Å². The first-order valence-electron chi connectivity index (χ1n) is 7.74. The lowest BCUT2D eigenvalue weighted by Gasteiger charge is -2.36. The summed E-state index contributed by atoms with van der Waals surface area (Å²) in [6.45, 7) is 3.27. The van der Waals surface area contributed by atoms with Gasteiger partial charge in [0.15, 0.2) is 0 Å². The summed E-state index contributed by atoms with van der Waals surface area (Å²) in [5.74, 6) is 1.50. The average molecular weight is 289 g/mol. The molecule has 1 fully saturated rings. The molecule has 4 heteroatoms. The second kappa shape index (κ2) is 6.94. The van der Waals surface area contributed by atoms with Gasteiger partial charge < -0.3 is 10.5 Å². The smallest absolute Gasteiger partial charge is 0.130 e. The van der Waals surface area contributed by atoms with Crippen molar-refractivity contribution in [2.45, 2.75) is 45.2 Å². The summed E-state index contributed by atoms with van der Waals surface area (Å²) in [5.41, 5.74) is 7.44. The Morgan fingerprint density at radius 1 is 1.38 bits per heavy atom. The van der Waals surface area contributed by atoms with E-state index in [1.54, 1.807) is 7.11 Å². The molecule has 0 aromatic heterocycles. The van der Waals surface area contributed by atoms with Crippen LogP contribution in [0.3, 0.4) is 0 Å². The quantitative estimate of drug-likeness (QED) is 0.647. The van der Waals surface area contributed by atoms with Gasteiger partial charge in [0.2, 0.25) is 0 Å². The minimum atomic E-state index is 0.0488. The molecule has 4 nitrogen and oxygen atoms in total. The second-order valence-corrected chi connectivity index (χ2v) is 6.19. The fourth-order valence-corrected chi connectivity index (χ4v) is 3.41. The number of amidine groups is 1. The summed E-state index contributed by atoms with van der Waals surface area (Å²) in [7, 11) is 3.83. The van der Waals surface area contributed by atoms with E-state index in [0.717, 1.165) is 12.5 Å². The standard InChI is InChI=1S/C17H27N3O/c1-12-6-4-5-7-15(12)20(2)11-13-8-9-14(17(18)19)16(10-13)21-3/h8-10,12,15H,4-7,11H2,1-3H3,(H3,18,19). The van der Waals surface area contributed by atoms with E-state index in [2.05, 4.69) is 18.9 Å². The first-order valence-corrected chi connectivity index (χ1v) is 7.74. The first-order chi connectivity index (χ1) is 10.0. The Labute approximate surface area is 127 Å². The van der Waals surface area contributed by atoms with E-state index in [1.165, 1.54) is 31.2 Å². The summed E-state index contributed by atoms with van der Waals surface area (Å²) < 4.78 is 5.36. The highest BCUT2D eigenvalue weighted by molar-refractivity contribution is 5.97. The van der Waals surface area contributed by atoms with Crippen molar-refractivity contribution in [3.05, 3.63) is 29.3 Å². The summed E-state index contributed by atoms with van der Waals surface area (Å²) in [6.07, 6.45) is 5.33. The molecule has 0 amide bonds. The fourth-order valence-electron chi connectivity index (χ4n) is 3.41. The van der Waals surface area contributed by atoms with Gasteiger partial charge in [-0.25, -0.2) is 0 Å². The van der Waals surface area contributed by atoms with Crippen molar-refractivity contribution in [2.75, 3.05) is 14.2 Å². The molecule has 1 aliphatic carbocycles. The maximum absolute atomic E-state index is 7.57. The molecule has 2 atom stereocenters. The van der Waals surface area contributed by atoms with E-state index in [4.69, 9.17) is 15.9 Å². The van der Waals surface area contributed by atoms with Crippen LogP contribution in [-0.4, -0.2) is 30.9 Å². The van der Waals surface area contributed by atoms with E-state index in [-0.39, 0.29) is 5.84 Å². The Morgan fingerprint density at radius 2 is 2.10 bits per heavy atom. The number of nitrogens with two attached hydrogens (primary N) is 1. The van der Waals surface area contributed by atoms with Gasteiger partial charge in [0, 0.05) is 12.6 Å². The van der Waals surface area contributed by atoms with E-state index in [0.29, 0.717) is 17.4 Å². The maximum Gasteiger partial charge on any atom is 0.130 e. The van der Waals surface area contributed by atoms with Gasteiger partial charge >= 0.3 is 0 Å².